The van der Waals surface area contributed by atoms with E-state index in [0.29, 0.717) is 22.9 Å². The van der Waals surface area contributed by atoms with Crippen LogP contribution in [0.15, 0.2) is 57.8 Å². The first-order chi connectivity index (χ1) is 13.6. The number of fused-ring (bicyclic) bond motifs is 2. The summed E-state index contributed by atoms with van der Waals surface area (Å²) in [6.07, 6.45) is 0. The Bertz CT molecular complexity index is 1230. The minimum Gasteiger partial charge on any atom is -0.508 e. The summed E-state index contributed by atoms with van der Waals surface area (Å²) in [6, 6.07) is 13.9. The number of anilines is 2. The van der Waals surface area contributed by atoms with E-state index in [1.54, 1.807) is 28.9 Å². The van der Waals surface area contributed by atoms with Crippen molar-refractivity contribution in [2.75, 3.05) is 5.32 Å². The average molecular weight is 438 g/mol. The molecule has 1 atom stereocenters. The molecule has 0 spiro atoms. The minimum atomic E-state index is -0.490. The van der Waals surface area contributed by atoms with Crippen LogP contribution in [0.1, 0.15) is 17.2 Å². The van der Waals surface area contributed by atoms with Crippen molar-refractivity contribution in [3.8, 4) is 17.0 Å². The van der Waals surface area contributed by atoms with Crippen LogP contribution in [0.25, 0.3) is 11.3 Å². The number of tetrazole rings is 1. The molecule has 0 saturated heterocycles. The van der Waals surface area contributed by atoms with E-state index in [2.05, 4.69) is 47.0 Å². The fourth-order valence-electron chi connectivity index (χ4n) is 3.33. The quantitative estimate of drug-likeness (QED) is 0.387. The maximum absolute atomic E-state index is 12.6. The molecule has 1 unspecified atom stereocenters. The van der Waals surface area contributed by atoms with Crippen LogP contribution in [0.5, 0.6) is 5.75 Å². The molecule has 1 aliphatic rings. The number of H-pyrrole nitrogens is 1. The Balaban J connectivity index is 1.81. The second-order valence-corrected chi connectivity index (χ2v) is 7.18. The van der Waals surface area contributed by atoms with Crippen molar-refractivity contribution in [3.05, 3.63) is 74.5 Å². The van der Waals surface area contributed by atoms with Crippen LogP contribution in [-0.4, -0.2) is 35.5 Å². The topological polar surface area (TPSA) is 122 Å². The number of nitrogens with zero attached hydrogens (tertiary/aromatic N) is 5. The summed E-state index contributed by atoms with van der Waals surface area (Å²) in [6.45, 7) is 0. The van der Waals surface area contributed by atoms with E-state index in [1.807, 2.05) is 24.3 Å². The summed E-state index contributed by atoms with van der Waals surface area (Å²) in [5.74, 6) is 0.496. The molecule has 0 saturated carbocycles. The van der Waals surface area contributed by atoms with Gasteiger partial charge in [-0.1, -0.05) is 45.3 Å². The number of halogens is 1. The Morgan fingerprint density at radius 2 is 1.82 bits per heavy atom. The second kappa shape index (κ2) is 6.27. The molecule has 1 aliphatic heterocycles. The molecule has 4 aromatic rings. The Hall–Kier alpha value is -3.53. The Labute approximate surface area is 166 Å². The average Bonchev–Trinajstić information content (AvgIpc) is 3.17. The van der Waals surface area contributed by atoms with E-state index in [4.69, 9.17) is 0 Å². The van der Waals surface area contributed by atoms with Crippen LogP contribution in [0, 0.1) is 0 Å². The van der Waals surface area contributed by atoms with Gasteiger partial charge in [0, 0.05) is 15.6 Å². The van der Waals surface area contributed by atoms with Gasteiger partial charge in [-0.15, -0.1) is 0 Å². The molecule has 3 N–H and O–H groups in total. The number of hydrogen-bond acceptors (Lipinski definition) is 7. The third-order valence-corrected chi connectivity index (χ3v) is 5.12. The third-order valence-electron chi connectivity index (χ3n) is 4.59. The lowest BCUT2D eigenvalue weighted by atomic mass is 9.92. The van der Waals surface area contributed by atoms with E-state index in [9.17, 15) is 9.90 Å². The number of hydrogen-bond donors (Lipinski definition) is 3. The monoisotopic (exact) mass is 437 g/mol. The molecule has 2 aromatic carbocycles. The van der Waals surface area contributed by atoms with Crippen LogP contribution < -0.4 is 10.9 Å². The van der Waals surface area contributed by atoms with E-state index < -0.39 is 6.04 Å². The maximum atomic E-state index is 12.6. The van der Waals surface area contributed by atoms with Crippen molar-refractivity contribution in [1.82, 2.24) is 30.4 Å². The van der Waals surface area contributed by atoms with Gasteiger partial charge < -0.3 is 10.4 Å². The van der Waals surface area contributed by atoms with Gasteiger partial charge in [-0.05, 0) is 40.3 Å². The molecule has 0 bridgehead atoms. The minimum absolute atomic E-state index is 0.145. The highest BCUT2D eigenvalue weighted by Gasteiger charge is 2.34. The lowest BCUT2D eigenvalue weighted by Crippen LogP contribution is -2.29. The number of benzene rings is 2. The standard InChI is InChI=1S/C18H12BrN7O2/c19-11-5-1-9(2-6-11)14-13-15(17(28)22-21-14)20-18-23-24-25-26(18)16(13)10-3-7-12(27)8-4-10/h1-8,16,27H,(H,22,28)(H,20,23,25). The fourth-order valence-corrected chi connectivity index (χ4v) is 3.59. The lowest BCUT2D eigenvalue weighted by Gasteiger charge is -2.27. The second-order valence-electron chi connectivity index (χ2n) is 6.26. The first-order valence-corrected chi connectivity index (χ1v) is 9.13. The number of nitrogens with one attached hydrogen (secondary N) is 2. The van der Waals surface area contributed by atoms with Crippen LogP contribution in [-0.2, 0) is 0 Å². The van der Waals surface area contributed by atoms with Gasteiger partial charge in [0.1, 0.15) is 17.5 Å². The van der Waals surface area contributed by atoms with Gasteiger partial charge in [0.15, 0.2) is 0 Å². The summed E-state index contributed by atoms with van der Waals surface area (Å²) < 4.78 is 2.53. The Morgan fingerprint density at radius 1 is 1.07 bits per heavy atom. The van der Waals surface area contributed by atoms with Crippen molar-refractivity contribution < 1.29 is 5.11 Å². The lowest BCUT2D eigenvalue weighted by molar-refractivity contribution is 0.474. The fraction of sp³-hybridized carbons (Fsp3) is 0.0556. The summed E-state index contributed by atoms with van der Waals surface area (Å²) in [5, 5.41) is 31.3. The zero-order chi connectivity index (χ0) is 19.3. The molecule has 3 heterocycles. The summed E-state index contributed by atoms with van der Waals surface area (Å²) in [5.41, 5.74) is 2.87. The Kier molecular flexibility index (Phi) is 3.72. The number of aromatic amines is 1. The molecular weight excluding hydrogens is 426 g/mol. The van der Waals surface area contributed by atoms with Crippen molar-refractivity contribution in [1.29, 1.82) is 0 Å². The van der Waals surface area contributed by atoms with Gasteiger partial charge in [-0.2, -0.15) is 9.78 Å². The van der Waals surface area contributed by atoms with Gasteiger partial charge in [-0.3, -0.25) is 4.79 Å². The third kappa shape index (κ3) is 2.57. The predicted octanol–water partition coefficient (Wildman–Crippen LogP) is 2.59. The molecule has 0 amide bonds. The molecule has 9 nitrogen and oxygen atoms in total. The molecule has 0 radical (unpaired) electrons. The highest BCUT2D eigenvalue weighted by Crippen LogP contribution is 2.41. The number of phenolic OH excluding ortho intramolecular Hbond substituents is 1. The smallest absolute Gasteiger partial charge is 0.288 e. The molecular formula is C18H12BrN7O2. The molecule has 138 valence electrons. The van der Waals surface area contributed by atoms with Crippen molar-refractivity contribution in [2.45, 2.75) is 6.04 Å². The number of rotatable bonds is 2. The van der Waals surface area contributed by atoms with Gasteiger partial charge in [0.25, 0.3) is 5.56 Å². The zero-order valence-corrected chi connectivity index (χ0v) is 15.8. The largest absolute Gasteiger partial charge is 0.508 e. The van der Waals surface area contributed by atoms with Gasteiger partial charge >= 0.3 is 0 Å². The van der Waals surface area contributed by atoms with Crippen LogP contribution in [0.4, 0.5) is 11.6 Å². The predicted molar refractivity (Wildman–Crippen MR) is 104 cm³/mol. The van der Waals surface area contributed by atoms with Gasteiger partial charge in [-0.25, -0.2) is 5.10 Å². The van der Waals surface area contributed by atoms with Gasteiger partial charge in [0.2, 0.25) is 5.95 Å². The first kappa shape index (κ1) is 16.6. The van der Waals surface area contributed by atoms with E-state index >= 15 is 0 Å². The molecule has 0 aliphatic carbocycles. The molecule has 5 rings (SSSR count). The van der Waals surface area contributed by atoms with E-state index in [1.165, 1.54) is 0 Å². The van der Waals surface area contributed by atoms with Crippen molar-refractivity contribution in [2.24, 2.45) is 0 Å². The number of aromatic hydroxyl groups is 1. The normalized spacial score (nSPS) is 14.8. The highest BCUT2D eigenvalue weighted by molar-refractivity contribution is 9.10. The van der Waals surface area contributed by atoms with Crippen LogP contribution in [0.2, 0.25) is 0 Å². The summed E-state index contributed by atoms with van der Waals surface area (Å²) in [7, 11) is 0. The number of aromatic nitrogens is 6. The van der Waals surface area contributed by atoms with Gasteiger partial charge in [0.05, 0.1) is 5.69 Å². The van der Waals surface area contributed by atoms with Crippen LogP contribution >= 0.6 is 15.9 Å². The molecule has 0 fully saturated rings. The first-order valence-electron chi connectivity index (χ1n) is 8.34. The van der Waals surface area contributed by atoms with Crippen LogP contribution in [0.3, 0.4) is 0 Å². The summed E-state index contributed by atoms with van der Waals surface area (Å²) in [4.78, 5) is 12.6. The maximum Gasteiger partial charge on any atom is 0.288 e. The van der Waals surface area contributed by atoms with E-state index in [0.717, 1.165) is 15.6 Å². The SMILES string of the molecule is O=c1[nH]nc(-c2ccc(Br)cc2)c2c1Nc1nnnn1C2c1ccc(O)cc1. The van der Waals surface area contributed by atoms with Crippen molar-refractivity contribution in [3.63, 3.8) is 0 Å². The molecule has 10 heteroatoms. The highest BCUT2D eigenvalue weighted by atomic mass is 79.9. The molecule has 28 heavy (non-hydrogen) atoms. The molecule has 2 aromatic heterocycles. The van der Waals surface area contributed by atoms with E-state index in [-0.39, 0.29) is 11.3 Å². The number of phenols is 1. The van der Waals surface area contributed by atoms with Crippen molar-refractivity contribution >= 4 is 27.6 Å². The Morgan fingerprint density at radius 3 is 2.57 bits per heavy atom. The zero-order valence-electron chi connectivity index (χ0n) is 14.2. The summed E-state index contributed by atoms with van der Waals surface area (Å²) >= 11 is 3.43.